The Morgan fingerprint density at radius 2 is 2.00 bits per heavy atom. The van der Waals surface area contributed by atoms with Crippen molar-refractivity contribution in [3.63, 3.8) is 0 Å². The van der Waals surface area contributed by atoms with Crippen molar-refractivity contribution < 1.29 is 19.1 Å². The third-order valence-electron chi connectivity index (χ3n) is 4.23. The summed E-state index contributed by atoms with van der Waals surface area (Å²) in [7, 11) is 0. The highest BCUT2D eigenvalue weighted by Crippen LogP contribution is 2.34. The van der Waals surface area contributed by atoms with E-state index in [1.165, 1.54) is 6.92 Å². The number of esters is 1. The first kappa shape index (κ1) is 16.3. The Balaban J connectivity index is 1.87. The van der Waals surface area contributed by atoms with E-state index >= 15 is 0 Å². The fourth-order valence-electron chi connectivity index (χ4n) is 3.31. The van der Waals surface area contributed by atoms with Crippen molar-refractivity contribution in [2.45, 2.75) is 38.5 Å². The second kappa shape index (κ2) is 6.51. The van der Waals surface area contributed by atoms with Crippen LogP contribution in [0.4, 0.5) is 0 Å². The van der Waals surface area contributed by atoms with Crippen LogP contribution in [0.25, 0.3) is 0 Å². The van der Waals surface area contributed by atoms with Gasteiger partial charge in [0.05, 0.1) is 0 Å². The number of carbonyl (C=O) groups is 2. The average molecular weight is 327 g/mol. The number of hydrogen-bond donors (Lipinski definition) is 0. The second-order valence-corrected chi connectivity index (χ2v) is 6.31. The third kappa shape index (κ3) is 3.20. The van der Waals surface area contributed by atoms with E-state index in [0.29, 0.717) is 18.7 Å². The summed E-state index contributed by atoms with van der Waals surface area (Å²) >= 11 is 0. The molecule has 3 rings (SSSR count). The third-order valence-corrected chi connectivity index (χ3v) is 4.23. The van der Waals surface area contributed by atoms with Crippen LogP contribution in [0, 0.1) is 0 Å². The summed E-state index contributed by atoms with van der Waals surface area (Å²) in [6.45, 7) is 7.86. The predicted octanol–water partition coefficient (Wildman–Crippen LogP) is 2.48. The molecule has 5 nitrogen and oxygen atoms in total. The Morgan fingerprint density at radius 1 is 1.29 bits per heavy atom. The molecule has 5 heteroatoms. The molecule has 0 saturated carbocycles. The molecule has 0 bridgehead atoms. The summed E-state index contributed by atoms with van der Waals surface area (Å²) in [6, 6.07) is 8.91. The number of benzene rings is 1. The number of fused-ring (bicyclic) bond motifs is 1. The lowest BCUT2D eigenvalue weighted by molar-refractivity contribution is -0.180. The highest BCUT2D eigenvalue weighted by molar-refractivity contribution is 5.89. The Bertz CT molecular complexity index is 695. The molecule has 0 N–H and O–H groups in total. The van der Waals surface area contributed by atoms with Crippen LogP contribution in [0.5, 0.6) is 5.75 Å². The van der Waals surface area contributed by atoms with Gasteiger partial charge in [0.1, 0.15) is 17.9 Å². The number of ether oxygens (including phenoxy) is 2. The number of nitrogens with zero attached hydrogens (tertiary/aromatic N) is 1. The molecule has 0 aromatic heterocycles. The lowest BCUT2D eigenvalue weighted by Crippen LogP contribution is -2.71. The standard InChI is InChI=1S/C19H21NO4/c1-12-9-13(2)11-20-17(16(10-12)23-14(3)21)18(19(20)22)24-15-7-5-4-6-8-15/h4-9,16-18H,1,10-11H2,2-3H3/b13-9-/t16-,17+,18-/m1/s1. The molecule has 3 atom stereocenters. The molecule has 2 heterocycles. The van der Waals surface area contributed by atoms with Gasteiger partial charge in [0.25, 0.3) is 5.91 Å². The van der Waals surface area contributed by atoms with Crippen molar-refractivity contribution in [2.24, 2.45) is 0 Å². The summed E-state index contributed by atoms with van der Waals surface area (Å²) in [6.07, 6.45) is 1.34. The van der Waals surface area contributed by atoms with Crippen LogP contribution in [0.15, 0.2) is 54.1 Å². The van der Waals surface area contributed by atoms with Gasteiger partial charge in [0, 0.05) is 19.9 Å². The Hall–Kier alpha value is -2.56. The van der Waals surface area contributed by atoms with Gasteiger partial charge in [0.2, 0.25) is 6.10 Å². The minimum Gasteiger partial charge on any atom is -0.478 e. The van der Waals surface area contributed by atoms with E-state index in [-0.39, 0.29) is 17.9 Å². The van der Waals surface area contributed by atoms with Crippen LogP contribution in [0.2, 0.25) is 0 Å². The molecular weight excluding hydrogens is 306 g/mol. The molecule has 1 fully saturated rings. The van der Waals surface area contributed by atoms with E-state index in [4.69, 9.17) is 9.47 Å². The normalized spacial score (nSPS) is 28.7. The lowest BCUT2D eigenvalue weighted by atomic mass is 9.86. The van der Waals surface area contributed by atoms with Gasteiger partial charge in [-0.2, -0.15) is 0 Å². The number of hydrogen-bond acceptors (Lipinski definition) is 4. The quantitative estimate of drug-likeness (QED) is 0.632. The van der Waals surface area contributed by atoms with E-state index in [2.05, 4.69) is 6.58 Å². The van der Waals surface area contributed by atoms with E-state index in [0.717, 1.165) is 11.1 Å². The number of carbonyl (C=O) groups excluding carboxylic acids is 2. The maximum Gasteiger partial charge on any atom is 0.302 e. The highest BCUT2D eigenvalue weighted by atomic mass is 16.6. The number of para-hydroxylation sites is 1. The Morgan fingerprint density at radius 3 is 2.67 bits per heavy atom. The first-order valence-corrected chi connectivity index (χ1v) is 8.00. The van der Waals surface area contributed by atoms with Crippen LogP contribution in [0.1, 0.15) is 20.3 Å². The molecule has 126 valence electrons. The number of β-lactam (4-membered cyclic amide) rings is 1. The predicted molar refractivity (Wildman–Crippen MR) is 89.4 cm³/mol. The van der Waals surface area contributed by atoms with Crippen molar-refractivity contribution >= 4 is 11.9 Å². The Labute approximate surface area is 141 Å². The Kier molecular flexibility index (Phi) is 4.42. The summed E-state index contributed by atoms with van der Waals surface area (Å²) in [5.74, 6) is 0.179. The smallest absolute Gasteiger partial charge is 0.302 e. The largest absolute Gasteiger partial charge is 0.478 e. The topological polar surface area (TPSA) is 55.8 Å². The van der Waals surface area contributed by atoms with Gasteiger partial charge in [0.15, 0.2) is 0 Å². The fourth-order valence-corrected chi connectivity index (χ4v) is 3.31. The molecule has 0 radical (unpaired) electrons. The summed E-state index contributed by atoms with van der Waals surface area (Å²) in [5.41, 5.74) is 1.94. The van der Waals surface area contributed by atoms with Gasteiger partial charge in [-0.3, -0.25) is 9.59 Å². The van der Waals surface area contributed by atoms with E-state index in [9.17, 15) is 9.59 Å². The van der Waals surface area contributed by atoms with Gasteiger partial charge in [-0.25, -0.2) is 0 Å². The van der Waals surface area contributed by atoms with Gasteiger partial charge in [-0.05, 0) is 19.1 Å². The van der Waals surface area contributed by atoms with Crippen LogP contribution in [-0.2, 0) is 14.3 Å². The van der Waals surface area contributed by atoms with Gasteiger partial charge in [-0.1, -0.05) is 42.0 Å². The highest BCUT2D eigenvalue weighted by Gasteiger charge is 2.54. The molecule has 24 heavy (non-hydrogen) atoms. The molecule has 0 spiro atoms. The van der Waals surface area contributed by atoms with Gasteiger partial charge >= 0.3 is 5.97 Å². The van der Waals surface area contributed by atoms with E-state index in [1.807, 2.05) is 43.3 Å². The molecule has 1 saturated heterocycles. The molecule has 2 aliphatic heterocycles. The molecule has 1 aromatic carbocycles. The van der Waals surface area contributed by atoms with Crippen molar-refractivity contribution in [3.05, 3.63) is 54.1 Å². The molecular formula is C19H21NO4. The lowest BCUT2D eigenvalue weighted by Gasteiger charge is -2.50. The molecule has 1 amide bonds. The van der Waals surface area contributed by atoms with Crippen LogP contribution >= 0.6 is 0 Å². The second-order valence-electron chi connectivity index (χ2n) is 6.31. The maximum atomic E-state index is 12.5. The molecule has 0 unspecified atom stereocenters. The minimum atomic E-state index is -0.643. The van der Waals surface area contributed by atoms with Crippen LogP contribution in [-0.4, -0.2) is 41.6 Å². The summed E-state index contributed by atoms with van der Waals surface area (Å²) < 4.78 is 11.4. The molecule has 0 aliphatic carbocycles. The van der Waals surface area contributed by atoms with E-state index in [1.54, 1.807) is 4.90 Å². The van der Waals surface area contributed by atoms with Gasteiger partial charge in [-0.15, -0.1) is 0 Å². The zero-order valence-corrected chi connectivity index (χ0v) is 13.9. The molecule has 1 aromatic rings. The monoisotopic (exact) mass is 327 g/mol. The summed E-state index contributed by atoms with van der Waals surface area (Å²) in [5, 5.41) is 0. The fraction of sp³-hybridized carbons (Fsp3) is 0.368. The number of amides is 1. The van der Waals surface area contributed by atoms with Crippen molar-refractivity contribution in [1.29, 1.82) is 0 Å². The summed E-state index contributed by atoms with van der Waals surface area (Å²) in [4.78, 5) is 25.7. The maximum absolute atomic E-state index is 12.5. The zero-order valence-electron chi connectivity index (χ0n) is 13.9. The first-order chi connectivity index (χ1) is 11.5. The average Bonchev–Trinajstić information content (AvgIpc) is 2.52. The minimum absolute atomic E-state index is 0.0822. The van der Waals surface area contributed by atoms with Crippen molar-refractivity contribution in [3.8, 4) is 5.75 Å². The van der Waals surface area contributed by atoms with Gasteiger partial charge < -0.3 is 14.4 Å². The van der Waals surface area contributed by atoms with Crippen LogP contribution < -0.4 is 4.74 Å². The van der Waals surface area contributed by atoms with Crippen molar-refractivity contribution in [2.75, 3.05) is 6.54 Å². The zero-order chi connectivity index (χ0) is 17.3. The van der Waals surface area contributed by atoms with Crippen molar-refractivity contribution in [1.82, 2.24) is 4.90 Å². The SMILES string of the molecule is C=C1/C=C(/C)CN2C(=O)[C@H](Oc3ccccc3)[C@@H]2[C@H](OC(C)=O)C1. The number of allylic oxidation sites excluding steroid dienone is 1. The number of rotatable bonds is 3. The first-order valence-electron chi connectivity index (χ1n) is 8.00. The van der Waals surface area contributed by atoms with E-state index < -0.39 is 12.2 Å². The van der Waals surface area contributed by atoms with Crippen LogP contribution in [0.3, 0.4) is 0 Å². The molecule has 2 aliphatic rings.